The number of benzene rings is 1. The maximum atomic E-state index is 11.9. The molecule has 0 spiro atoms. The lowest BCUT2D eigenvalue weighted by molar-refractivity contribution is 0.544. The second kappa shape index (κ2) is 6.00. The largest absolute Gasteiger partial charge is 0.458 e. The number of halogens is 1. The zero-order chi connectivity index (χ0) is 17.6. The van der Waals surface area contributed by atoms with E-state index in [0.717, 1.165) is 5.76 Å². The molecule has 1 saturated heterocycles. The molecule has 25 heavy (non-hydrogen) atoms. The van der Waals surface area contributed by atoms with Crippen LogP contribution in [0.25, 0.3) is 17.3 Å². The number of nitrogens with zero attached hydrogens (tertiary/aromatic N) is 3. The van der Waals surface area contributed by atoms with Gasteiger partial charge in [-0.15, -0.1) is 5.10 Å². The Hall–Kier alpha value is -2.12. The quantitative estimate of drug-likeness (QED) is 0.699. The third-order valence-corrected chi connectivity index (χ3v) is 6.36. The van der Waals surface area contributed by atoms with Crippen LogP contribution < -0.4 is 0 Å². The Balaban J connectivity index is 1.86. The van der Waals surface area contributed by atoms with Crippen molar-refractivity contribution in [2.24, 2.45) is 0 Å². The summed E-state index contributed by atoms with van der Waals surface area (Å²) in [5.74, 6) is 2.36. The highest BCUT2D eigenvalue weighted by Gasteiger charge is 2.34. The van der Waals surface area contributed by atoms with Gasteiger partial charge in [0.2, 0.25) is 5.82 Å². The highest BCUT2D eigenvalue weighted by molar-refractivity contribution is 7.91. The van der Waals surface area contributed by atoms with E-state index in [1.54, 1.807) is 16.8 Å². The van der Waals surface area contributed by atoms with Gasteiger partial charge in [0, 0.05) is 5.92 Å². The van der Waals surface area contributed by atoms with Crippen LogP contribution in [0.5, 0.6) is 0 Å². The summed E-state index contributed by atoms with van der Waals surface area (Å²) < 4.78 is 31.1. The number of rotatable bonds is 3. The fourth-order valence-electron chi connectivity index (χ4n) is 3.05. The summed E-state index contributed by atoms with van der Waals surface area (Å²) in [6, 6.07) is 10.9. The first-order valence-electron chi connectivity index (χ1n) is 7.92. The Kier molecular flexibility index (Phi) is 3.92. The van der Waals surface area contributed by atoms with Crippen LogP contribution in [0.15, 0.2) is 40.8 Å². The van der Waals surface area contributed by atoms with Crippen LogP contribution in [-0.2, 0) is 9.84 Å². The van der Waals surface area contributed by atoms with Crippen molar-refractivity contribution >= 4 is 21.4 Å². The lowest BCUT2D eigenvalue weighted by atomic mass is 10.1. The Morgan fingerprint density at radius 1 is 1.24 bits per heavy atom. The van der Waals surface area contributed by atoms with Crippen LogP contribution >= 0.6 is 11.6 Å². The van der Waals surface area contributed by atoms with Gasteiger partial charge in [0.15, 0.2) is 15.6 Å². The molecule has 3 aromatic rings. The first-order valence-corrected chi connectivity index (χ1v) is 10.1. The first-order chi connectivity index (χ1) is 11.9. The zero-order valence-electron chi connectivity index (χ0n) is 13.5. The van der Waals surface area contributed by atoms with Crippen LogP contribution in [0.2, 0.25) is 5.02 Å². The van der Waals surface area contributed by atoms with Crippen LogP contribution in [-0.4, -0.2) is 34.7 Å². The number of hydrogen-bond acceptors (Lipinski definition) is 5. The van der Waals surface area contributed by atoms with Crippen LogP contribution in [0.1, 0.15) is 23.9 Å². The third-order valence-electron chi connectivity index (χ3n) is 4.27. The normalized spacial score (nSPS) is 19.4. The van der Waals surface area contributed by atoms with E-state index in [9.17, 15) is 8.42 Å². The van der Waals surface area contributed by atoms with E-state index in [4.69, 9.17) is 16.0 Å². The fraction of sp³-hybridized carbons (Fsp3) is 0.294. The highest BCUT2D eigenvalue weighted by atomic mass is 35.5. The van der Waals surface area contributed by atoms with E-state index in [-0.39, 0.29) is 17.4 Å². The summed E-state index contributed by atoms with van der Waals surface area (Å²) in [7, 11) is -3.04. The number of aryl methyl sites for hydroxylation is 1. The van der Waals surface area contributed by atoms with Gasteiger partial charge in [0.05, 0.1) is 22.2 Å². The second-order valence-electron chi connectivity index (χ2n) is 6.17. The SMILES string of the molecule is Cc1ccc(-c2nc([C@@H]3CCS(=O)(=O)C3)n(-c3ccccc3Cl)n2)o1. The summed E-state index contributed by atoms with van der Waals surface area (Å²) in [6.07, 6.45) is 0.530. The summed E-state index contributed by atoms with van der Waals surface area (Å²) in [5, 5.41) is 5.07. The Morgan fingerprint density at radius 3 is 2.68 bits per heavy atom. The minimum Gasteiger partial charge on any atom is -0.458 e. The van der Waals surface area contributed by atoms with Gasteiger partial charge in [0.25, 0.3) is 0 Å². The van der Waals surface area contributed by atoms with Crippen molar-refractivity contribution in [3.63, 3.8) is 0 Å². The maximum absolute atomic E-state index is 11.9. The Labute approximate surface area is 150 Å². The molecular weight excluding hydrogens is 362 g/mol. The summed E-state index contributed by atoms with van der Waals surface area (Å²) in [6.45, 7) is 1.85. The van der Waals surface area contributed by atoms with E-state index in [1.807, 2.05) is 31.2 Å². The van der Waals surface area contributed by atoms with E-state index in [0.29, 0.717) is 34.5 Å². The lowest BCUT2D eigenvalue weighted by Crippen LogP contribution is -2.11. The summed E-state index contributed by atoms with van der Waals surface area (Å²) >= 11 is 6.32. The van der Waals surface area contributed by atoms with Gasteiger partial charge in [-0.2, -0.15) is 0 Å². The molecule has 0 saturated carbocycles. The molecule has 4 rings (SSSR count). The number of furan rings is 1. The van der Waals surface area contributed by atoms with Gasteiger partial charge >= 0.3 is 0 Å². The van der Waals surface area contributed by atoms with E-state index < -0.39 is 9.84 Å². The molecule has 0 radical (unpaired) electrons. The number of aromatic nitrogens is 3. The van der Waals surface area contributed by atoms with Crippen LogP contribution in [0.3, 0.4) is 0 Å². The maximum Gasteiger partial charge on any atom is 0.217 e. The Morgan fingerprint density at radius 2 is 2.04 bits per heavy atom. The molecule has 1 atom stereocenters. The Bertz CT molecular complexity index is 1040. The molecule has 1 aromatic carbocycles. The molecule has 1 aliphatic rings. The average Bonchev–Trinajstić information content (AvgIpc) is 3.26. The monoisotopic (exact) mass is 377 g/mol. The molecule has 0 N–H and O–H groups in total. The molecular formula is C17H16ClN3O3S. The van der Waals surface area contributed by atoms with Crippen molar-refractivity contribution in [2.45, 2.75) is 19.3 Å². The molecule has 6 nitrogen and oxygen atoms in total. The van der Waals surface area contributed by atoms with Crippen molar-refractivity contribution in [3.05, 3.63) is 53.0 Å². The van der Waals surface area contributed by atoms with Gasteiger partial charge < -0.3 is 4.42 Å². The van der Waals surface area contributed by atoms with Crippen LogP contribution in [0, 0.1) is 6.92 Å². The molecule has 0 unspecified atom stereocenters. The minimum absolute atomic E-state index is 0.0762. The molecule has 0 aliphatic carbocycles. The molecule has 2 aromatic heterocycles. The number of hydrogen-bond donors (Lipinski definition) is 0. The van der Waals surface area contributed by atoms with Crippen LogP contribution in [0.4, 0.5) is 0 Å². The van der Waals surface area contributed by atoms with Crippen molar-refractivity contribution in [1.29, 1.82) is 0 Å². The lowest BCUT2D eigenvalue weighted by Gasteiger charge is -2.11. The highest BCUT2D eigenvalue weighted by Crippen LogP contribution is 2.32. The van der Waals surface area contributed by atoms with Gasteiger partial charge in [0.1, 0.15) is 11.6 Å². The molecule has 8 heteroatoms. The fourth-order valence-corrected chi connectivity index (χ4v) is 5.00. The zero-order valence-corrected chi connectivity index (χ0v) is 15.1. The van der Waals surface area contributed by atoms with Gasteiger partial charge in [-0.3, -0.25) is 0 Å². The van der Waals surface area contributed by atoms with Gasteiger partial charge in [-0.05, 0) is 37.6 Å². The average molecular weight is 378 g/mol. The summed E-state index contributed by atoms with van der Waals surface area (Å²) in [4.78, 5) is 4.59. The number of para-hydroxylation sites is 1. The molecule has 3 heterocycles. The molecule has 0 amide bonds. The third kappa shape index (κ3) is 3.09. The van der Waals surface area contributed by atoms with E-state index in [1.165, 1.54) is 0 Å². The molecule has 130 valence electrons. The molecule has 1 aliphatic heterocycles. The first kappa shape index (κ1) is 16.4. The predicted octanol–water partition coefficient (Wildman–Crippen LogP) is 3.39. The second-order valence-corrected chi connectivity index (χ2v) is 8.80. The smallest absolute Gasteiger partial charge is 0.217 e. The molecule has 0 bridgehead atoms. The van der Waals surface area contributed by atoms with E-state index >= 15 is 0 Å². The van der Waals surface area contributed by atoms with Gasteiger partial charge in [-0.1, -0.05) is 23.7 Å². The van der Waals surface area contributed by atoms with E-state index in [2.05, 4.69) is 10.1 Å². The standard InChI is InChI=1S/C17H16ClN3O3S/c1-11-6-7-15(24-11)16-19-17(12-8-9-25(22,23)10-12)21(20-16)14-5-3-2-4-13(14)18/h2-7,12H,8-10H2,1H3/t12-/m1/s1. The van der Waals surface area contributed by atoms with Crippen molar-refractivity contribution in [1.82, 2.24) is 14.8 Å². The van der Waals surface area contributed by atoms with Crippen molar-refractivity contribution in [2.75, 3.05) is 11.5 Å². The van der Waals surface area contributed by atoms with Crippen molar-refractivity contribution < 1.29 is 12.8 Å². The van der Waals surface area contributed by atoms with Gasteiger partial charge in [-0.25, -0.2) is 18.1 Å². The summed E-state index contributed by atoms with van der Waals surface area (Å²) in [5.41, 5.74) is 0.672. The number of sulfone groups is 1. The predicted molar refractivity (Wildman–Crippen MR) is 94.8 cm³/mol. The minimum atomic E-state index is -3.04. The molecule has 1 fully saturated rings. The van der Waals surface area contributed by atoms with Crippen molar-refractivity contribution in [3.8, 4) is 17.3 Å². The topological polar surface area (TPSA) is 78.0 Å².